The standard InChI is InChI=1S/C13H29N3/c1-14-8-5-3-4-6-10-16-11-7-9-15(2)12-13-16/h14H,3-13H2,1-2H3. The van der Waals surface area contributed by atoms with Gasteiger partial charge < -0.3 is 15.1 Å². The number of likely N-dealkylation sites (N-methyl/N-ethyl adjacent to an activating group) is 1. The smallest absolute Gasteiger partial charge is 0.0109 e. The van der Waals surface area contributed by atoms with Gasteiger partial charge in [0.05, 0.1) is 0 Å². The molecule has 3 nitrogen and oxygen atoms in total. The van der Waals surface area contributed by atoms with Gasteiger partial charge in [-0.25, -0.2) is 0 Å². The Morgan fingerprint density at radius 1 is 0.938 bits per heavy atom. The summed E-state index contributed by atoms with van der Waals surface area (Å²) in [6.07, 6.45) is 6.84. The van der Waals surface area contributed by atoms with Crippen molar-refractivity contribution in [2.75, 3.05) is 53.4 Å². The van der Waals surface area contributed by atoms with E-state index in [4.69, 9.17) is 0 Å². The molecule has 3 heteroatoms. The first-order valence-corrected chi connectivity index (χ1v) is 6.88. The molecule has 0 spiro atoms. The van der Waals surface area contributed by atoms with Crippen LogP contribution in [0.2, 0.25) is 0 Å². The van der Waals surface area contributed by atoms with E-state index in [-0.39, 0.29) is 0 Å². The largest absolute Gasteiger partial charge is 0.320 e. The molecule has 1 aliphatic rings. The summed E-state index contributed by atoms with van der Waals surface area (Å²) >= 11 is 0. The monoisotopic (exact) mass is 227 g/mol. The number of unbranched alkanes of at least 4 members (excludes halogenated alkanes) is 3. The van der Waals surface area contributed by atoms with Crippen LogP contribution in [0.1, 0.15) is 32.1 Å². The van der Waals surface area contributed by atoms with Crippen LogP contribution in [-0.2, 0) is 0 Å². The van der Waals surface area contributed by atoms with Crippen molar-refractivity contribution in [3.63, 3.8) is 0 Å². The molecule has 0 aromatic rings. The Kier molecular flexibility index (Phi) is 7.81. The molecule has 1 rings (SSSR count). The van der Waals surface area contributed by atoms with Crippen molar-refractivity contribution >= 4 is 0 Å². The van der Waals surface area contributed by atoms with Crippen LogP contribution in [-0.4, -0.2) is 63.2 Å². The highest BCUT2D eigenvalue weighted by Crippen LogP contribution is 2.05. The van der Waals surface area contributed by atoms with E-state index in [1.165, 1.54) is 71.4 Å². The van der Waals surface area contributed by atoms with E-state index < -0.39 is 0 Å². The quantitative estimate of drug-likeness (QED) is 0.663. The first-order chi connectivity index (χ1) is 7.83. The lowest BCUT2D eigenvalue weighted by molar-refractivity contribution is 0.270. The third-order valence-corrected chi connectivity index (χ3v) is 3.46. The molecule has 0 saturated carbocycles. The molecule has 96 valence electrons. The molecule has 1 aliphatic heterocycles. The number of nitrogens with one attached hydrogen (secondary N) is 1. The number of nitrogens with zero attached hydrogens (tertiary/aromatic N) is 2. The SMILES string of the molecule is CNCCCCCCN1CCCN(C)CC1. The van der Waals surface area contributed by atoms with Gasteiger partial charge in [-0.3, -0.25) is 0 Å². The van der Waals surface area contributed by atoms with Crippen molar-refractivity contribution in [3.8, 4) is 0 Å². The number of hydrogen-bond acceptors (Lipinski definition) is 3. The summed E-state index contributed by atoms with van der Waals surface area (Å²) in [6.45, 7) is 7.59. The van der Waals surface area contributed by atoms with E-state index in [9.17, 15) is 0 Å². The maximum Gasteiger partial charge on any atom is 0.0109 e. The van der Waals surface area contributed by atoms with E-state index >= 15 is 0 Å². The highest BCUT2D eigenvalue weighted by molar-refractivity contribution is 4.67. The number of rotatable bonds is 7. The van der Waals surface area contributed by atoms with Gasteiger partial charge in [-0.2, -0.15) is 0 Å². The van der Waals surface area contributed by atoms with Crippen molar-refractivity contribution in [2.45, 2.75) is 32.1 Å². The molecule has 0 bridgehead atoms. The van der Waals surface area contributed by atoms with Crippen molar-refractivity contribution in [2.24, 2.45) is 0 Å². The molecule has 0 unspecified atom stereocenters. The van der Waals surface area contributed by atoms with Crippen LogP contribution in [0.15, 0.2) is 0 Å². The molecule has 0 atom stereocenters. The summed E-state index contributed by atoms with van der Waals surface area (Å²) in [6, 6.07) is 0. The molecule has 1 heterocycles. The Labute approximate surface area is 101 Å². The van der Waals surface area contributed by atoms with E-state index in [2.05, 4.69) is 22.2 Å². The Morgan fingerprint density at radius 2 is 1.75 bits per heavy atom. The van der Waals surface area contributed by atoms with Gasteiger partial charge in [-0.15, -0.1) is 0 Å². The molecule has 1 fully saturated rings. The number of hydrogen-bond donors (Lipinski definition) is 1. The second-order valence-electron chi connectivity index (χ2n) is 5.02. The molecule has 0 amide bonds. The molecule has 0 aromatic heterocycles. The van der Waals surface area contributed by atoms with Crippen molar-refractivity contribution in [1.82, 2.24) is 15.1 Å². The maximum atomic E-state index is 3.21. The molecule has 0 aromatic carbocycles. The fourth-order valence-corrected chi connectivity index (χ4v) is 2.31. The van der Waals surface area contributed by atoms with Crippen LogP contribution in [0.3, 0.4) is 0 Å². The van der Waals surface area contributed by atoms with E-state index in [1.54, 1.807) is 0 Å². The summed E-state index contributed by atoms with van der Waals surface area (Å²) < 4.78 is 0. The second-order valence-corrected chi connectivity index (χ2v) is 5.02. The summed E-state index contributed by atoms with van der Waals surface area (Å²) in [5.41, 5.74) is 0. The lowest BCUT2D eigenvalue weighted by atomic mass is 10.2. The first kappa shape index (κ1) is 13.9. The van der Waals surface area contributed by atoms with Gasteiger partial charge in [0.1, 0.15) is 0 Å². The molecule has 1 N–H and O–H groups in total. The Morgan fingerprint density at radius 3 is 2.56 bits per heavy atom. The zero-order valence-electron chi connectivity index (χ0n) is 11.2. The van der Waals surface area contributed by atoms with Gasteiger partial charge in [0, 0.05) is 13.1 Å². The van der Waals surface area contributed by atoms with Crippen LogP contribution in [0.5, 0.6) is 0 Å². The summed E-state index contributed by atoms with van der Waals surface area (Å²) in [5, 5.41) is 3.21. The molecule has 0 radical (unpaired) electrons. The fourth-order valence-electron chi connectivity index (χ4n) is 2.31. The first-order valence-electron chi connectivity index (χ1n) is 6.88. The fraction of sp³-hybridized carbons (Fsp3) is 1.00. The predicted molar refractivity (Wildman–Crippen MR) is 70.9 cm³/mol. The van der Waals surface area contributed by atoms with Gasteiger partial charge in [-0.1, -0.05) is 12.8 Å². The second kappa shape index (κ2) is 8.97. The molecule has 1 saturated heterocycles. The highest BCUT2D eigenvalue weighted by Gasteiger charge is 2.10. The average molecular weight is 227 g/mol. The van der Waals surface area contributed by atoms with E-state index in [1.807, 2.05) is 7.05 Å². The average Bonchev–Trinajstić information content (AvgIpc) is 2.49. The minimum atomic E-state index is 1.18. The van der Waals surface area contributed by atoms with Crippen LogP contribution in [0.25, 0.3) is 0 Å². The molecular weight excluding hydrogens is 198 g/mol. The third kappa shape index (κ3) is 6.46. The zero-order valence-corrected chi connectivity index (χ0v) is 11.2. The minimum Gasteiger partial charge on any atom is -0.320 e. The van der Waals surface area contributed by atoms with Crippen LogP contribution >= 0.6 is 0 Å². The lowest BCUT2D eigenvalue weighted by Crippen LogP contribution is -2.29. The predicted octanol–water partition coefficient (Wildman–Crippen LogP) is 1.40. The normalized spacial score (nSPS) is 19.9. The minimum absolute atomic E-state index is 1.18. The van der Waals surface area contributed by atoms with E-state index in [0.717, 1.165) is 0 Å². The maximum absolute atomic E-state index is 3.21. The van der Waals surface area contributed by atoms with Crippen molar-refractivity contribution in [3.05, 3.63) is 0 Å². The van der Waals surface area contributed by atoms with Crippen LogP contribution < -0.4 is 5.32 Å². The zero-order chi connectivity index (χ0) is 11.6. The van der Waals surface area contributed by atoms with Crippen LogP contribution in [0, 0.1) is 0 Å². The summed E-state index contributed by atoms with van der Waals surface area (Å²) in [7, 11) is 4.27. The third-order valence-electron chi connectivity index (χ3n) is 3.46. The van der Waals surface area contributed by atoms with Crippen molar-refractivity contribution in [1.29, 1.82) is 0 Å². The van der Waals surface area contributed by atoms with Gasteiger partial charge in [-0.05, 0) is 59.5 Å². The van der Waals surface area contributed by atoms with Crippen LogP contribution in [0.4, 0.5) is 0 Å². The summed E-state index contributed by atoms with van der Waals surface area (Å²) in [4.78, 5) is 5.09. The van der Waals surface area contributed by atoms with Gasteiger partial charge in [0.2, 0.25) is 0 Å². The lowest BCUT2D eigenvalue weighted by Gasteiger charge is -2.19. The van der Waals surface area contributed by atoms with Gasteiger partial charge in [0.25, 0.3) is 0 Å². The molecule has 0 aliphatic carbocycles. The van der Waals surface area contributed by atoms with Crippen molar-refractivity contribution < 1.29 is 0 Å². The summed E-state index contributed by atoms with van der Waals surface area (Å²) in [5.74, 6) is 0. The topological polar surface area (TPSA) is 18.5 Å². The Hall–Kier alpha value is -0.120. The highest BCUT2D eigenvalue weighted by atomic mass is 15.2. The van der Waals surface area contributed by atoms with E-state index in [0.29, 0.717) is 0 Å². The Balaban J connectivity index is 1.95. The Bertz CT molecular complexity index is 161. The van der Waals surface area contributed by atoms with Gasteiger partial charge >= 0.3 is 0 Å². The molecular formula is C13H29N3. The molecule has 16 heavy (non-hydrogen) atoms. The van der Waals surface area contributed by atoms with Gasteiger partial charge in [0.15, 0.2) is 0 Å².